The van der Waals surface area contributed by atoms with Crippen LogP contribution in [0.2, 0.25) is 0 Å². The molecule has 3 heteroatoms. The maximum atomic E-state index is 11.9. The summed E-state index contributed by atoms with van der Waals surface area (Å²) in [4.78, 5) is 13.9. The summed E-state index contributed by atoms with van der Waals surface area (Å²) in [5, 5.41) is 9.05. The number of likely N-dealkylation sites (tertiary alicyclic amines) is 1. The first-order chi connectivity index (χ1) is 7.07. The molecule has 0 aromatic rings. The van der Waals surface area contributed by atoms with E-state index in [1.165, 1.54) is 12.8 Å². The Morgan fingerprint density at radius 2 is 2.00 bits per heavy atom. The molecule has 2 fully saturated rings. The maximum Gasteiger partial charge on any atom is 0.224 e. The first-order valence-electron chi connectivity index (χ1n) is 5.79. The number of carbonyl (C=O) groups excluding carboxylic acids is 1. The molecule has 82 valence electrons. The smallest absolute Gasteiger partial charge is 0.224 e. The fourth-order valence-electron chi connectivity index (χ4n) is 3.05. The third-order valence-electron chi connectivity index (χ3n) is 3.97. The van der Waals surface area contributed by atoms with Gasteiger partial charge in [-0.05, 0) is 26.7 Å². The molecule has 1 atom stereocenters. The Labute approximate surface area is 91.1 Å². The van der Waals surface area contributed by atoms with Gasteiger partial charge in [0.2, 0.25) is 5.91 Å². The summed E-state index contributed by atoms with van der Waals surface area (Å²) in [5.41, 5.74) is -0.263. The van der Waals surface area contributed by atoms with E-state index in [1.54, 1.807) is 0 Å². The number of hydrogen-bond acceptors (Lipinski definition) is 2. The van der Waals surface area contributed by atoms with E-state index in [0.29, 0.717) is 12.5 Å². The first kappa shape index (κ1) is 10.5. The van der Waals surface area contributed by atoms with Crippen LogP contribution in [0, 0.1) is 17.2 Å². The number of rotatable bonds is 1. The Morgan fingerprint density at radius 1 is 1.40 bits per heavy atom. The van der Waals surface area contributed by atoms with Crippen LogP contribution in [0.25, 0.3) is 0 Å². The summed E-state index contributed by atoms with van der Waals surface area (Å²) in [6.07, 6.45) is 5.10. The number of amides is 1. The zero-order valence-corrected chi connectivity index (χ0v) is 9.49. The molecule has 1 saturated carbocycles. The monoisotopic (exact) mass is 206 g/mol. The molecule has 0 aromatic heterocycles. The average molecular weight is 206 g/mol. The Kier molecular flexibility index (Phi) is 2.46. The van der Waals surface area contributed by atoms with Crippen LogP contribution < -0.4 is 0 Å². The zero-order valence-electron chi connectivity index (χ0n) is 9.49. The highest BCUT2D eigenvalue weighted by Gasteiger charge is 2.49. The summed E-state index contributed by atoms with van der Waals surface area (Å²) in [7, 11) is 0. The minimum Gasteiger partial charge on any atom is -0.333 e. The number of nitriles is 1. The van der Waals surface area contributed by atoms with Crippen LogP contribution in [0.4, 0.5) is 0 Å². The average Bonchev–Trinajstić information content (AvgIpc) is 2.72. The summed E-state index contributed by atoms with van der Waals surface area (Å²) in [5.74, 6) is 0.0454. The molecule has 3 nitrogen and oxygen atoms in total. The largest absolute Gasteiger partial charge is 0.333 e. The van der Waals surface area contributed by atoms with Crippen LogP contribution >= 0.6 is 0 Å². The Morgan fingerprint density at radius 3 is 2.47 bits per heavy atom. The molecule has 1 aliphatic heterocycles. The van der Waals surface area contributed by atoms with Gasteiger partial charge in [0.25, 0.3) is 0 Å². The molecule has 1 aliphatic carbocycles. The molecule has 0 radical (unpaired) electrons. The lowest BCUT2D eigenvalue weighted by Gasteiger charge is -2.38. The minimum atomic E-state index is -0.263. The molecule has 0 N–H and O–H groups in total. The molecular weight excluding hydrogens is 188 g/mol. The molecule has 1 heterocycles. The van der Waals surface area contributed by atoms with Gasteiger partial charge in [0.05, 0.1) is 17.5 Å². The molecule has 2 rings (SSSR count). The highest BCUT2D eigenvalue weighted by atomic mass is 16.2. The van der Waals surface area contributed by atoms with Crippen LogP contribution in [0.3, 0.4) is 0 Å². The lowest BCUT2D eigenvalue weighted by Crippen LogP contribution is -2.48. The third-order valence-corrected chi connectivity index (χ3v) is 3.97. The van der Waals surface area contributed by atoms with Crippen molar-refractivity contribution in [3.05, 3.63) is 0 Å². The predicted molar refractivity (Wildman–Crippen MR) is 56.9 cm³/mol. The van der Waals surface area contributed by atoms with Gasteiger partial charge in [-0.2, -0.15) is 5.26 Å². The third kappa shape index (κ3) is 1.52. The van der Waals surface area contributed by atoms with Gasteiger partial charge in [-0.3, -0.25) is 4.79 Å². The summed E-state index contributed by atoms with van der Waals surface area (Å²) in [6, 6.07) is 2.67. The Bertz CT molecular complexity index is 310. The second-order valence-corrected chi connectivity index (χ2v) is 5.24. The molecule has 1 saturated heterocycles. The van der Waals surface area contributed by atoms with Crippen molar-refractivity contribution in [3.63, 3.8) is 0 Å². The molecule has 1 amide bonds. The molecule has 15 heavy (non-hydrogen) atoms. The van der Waals surface area contributed by atoms with Crippen molar-refractivity contribution in [1.29, 1.82) is 5.26 Å². The van der Waals surface area contributed by atoms with Gasteiger partial charge in [0.15, 0.2) is 0 Å². The van der Waals surface area contributed by atoms with Crippen molar-refractivity contribution < 1.29 is 4.79 Å². The van der Waals surface area contributed by atoms with E-state index >= 15 is 0 Å². The lowest BCUT2D eigenvalue weighted by atomic mass is 9.89. The number of hydrogen-bond donors (Lipinski definition) is 0. The van der Waals surface area contributed by atoms with Gasteiger partial charge in [-0.25, -0.2) is 0 Å². The highest BCUT2D eigenvalue weighted by molar-refractivity contribution is 5.81. The normalized spacial score (nSPS) is 30.9. The number of carbonyl (C=O) groups is 1. The van der Waals surface area contributed by atoms with E-state index < -0.39 is 0 Å². The van der Waals surface area contributed by atoms with Crippen LogP contribution in [-0.4, -0.2) is 22.4 Å². The van der Waals surface area contributed by atoms with E-state index in [1.807, 2.05) is 18.7 Å². The first-order valence-corrected chi connectivity index (χ1v) is 5.79. The van der Waals surface area contributed by atoms with Crippen molar-refractivity contribution >= 4 is 5.91 Å². The summed E-state index contributed by atoms with van der Waals surface area (Å²) >= 11 is 0. The molecule has 0 aromatic carbocycles. The van der Waals surface area contributed by atoms with Crippen LogP contribution in [0.1, 0.15) is 46.0 Å². The van der Waals surface area contributed by atoms with Crippen LogP contribution in [0.15, 0.2) is 0 Å². The van der Waals surface area contributed by atoms with E-state index in [0.717, 1.165) is 12.8 Å². The number of nitrogens with zero attached hydrogens (tertiary/aromatic N) is 2. The molecule has 0 spiro atoms. The predicted octanol–water partition coefficient (Wildman–Crippen LogP) is 2.08. The van der Waals surface area contributed by atoms with Crippen molar-refractivity contribution in [3.8, 4) is 6.07 Å². The quantitative estimate of drug-likeness (QED) is 0.659. The summed E-state index contributed by atoms with van der Waals surface area (Å²) in [6.45, 7) is 4.06. The van der Waals surface area contributed by atoms with E-state index in [9.17, 15) is 4.79 Å². The fraction of sp³-hybridized carbons (Fsp3) is 0.833. The minimum absolute atomic E-state index is 0.134. The standard InChI is InChI=1S/C12H18N2O/c1-12(2)9(8-13)7-11(15)14(12)10-5-3-4-6-10/h9-10H,3-7H2,1-2H3. The fourth-order valence-corrected chi connectivity index (χ4v) is 3.05. The highest BCUT2D eigenvalue weighted by Crippen LogP contribution is 2.40. The van der Waals surface area contributed by atoms with Crippen molar-refractivity contribution in [1.82, 2.24) is 4.90 Å². The lowest BCUT2D eigenvalue weighted by molar-refractivity contribution is -0.133. The maximum absolute atomic E-state index is 11.9. The SMILES string of the molecule is CC1(C)C(C#N)CC(=O)N1C1CCCC1. The second-order valence-electron chi connectivity index (χ2n) is 5.24. The Hall–Kier alpha value is -1.04. The molecule has 2 aliphatic rings. The van der Waals surface area contributed by atoms with Gasteiger partial charge < -0.3 is 4.90 Å². The van der Waals surface area contributed by atoms with Gasteiger partial charge in [0.1, 0.15) is 0 Å². The molecule has 1 unspecified atom stereocenters. The van der Waals surface area contributed by atoms with Gasteiger partial charge in [-0.15, -0.1) is 0 Å². The van der Waals surface area contributed by atoms with E-state index in [2.05, 4.69) is 6.07 Å². The van der Waals surface area contributed by atoms with Gasteiger partial charge in [-0.1, -0.05) is 12.8 Å². The van der Waals surface area contributed by atoms with Crippen molar-refractivity contribution in [2.24, 2.45) is 5.92 Å². The van der Waals surface area contributed by atoms with E-state index in [4.69, 9.17) is 5.26 Å². The van der Waals surface area contributed by atoms with Crippen molar-refractivity contribution in [2.75, 3.05) is 0 Å². The zero-order chi connectivity index (χ0) is 11.1. The summed E-state index contributed by atoms with van der Waals surface area (Å²) < 4.78 is 0. The molecule has 0 bridgehead atoms. The Balaban J connectivity index is 2.23. The van der Waals surface area contributed by atoms with Gasteiger partial charge in [0, 0.05) is 12.5 Å². The second kappa shape index (κ2) is 3.52. The van der Waals surface area contributed by atoms with Crippen LogP contribution in [-0.2, 0) is 4.79 Å². The van der Waals surface area contributed by atoms with E-state index in [-0.39, 0.29) is 17.4 Å². The molecular formula is C12H18N2O. The van der Waals surface area contributed by atoms with Crippen LogP contribution in [0.5, 0.6) is 0 Å². The van der Waals surface area contributed by atoms with Gasteiger partial charge >= 0.3 is 0 Å². The van der Waals surface area contributed by atoms with Crippen molar-refractivity contribution in [2.45, 2.75) is 57.5 Å². The topological polar surface area (TPSA) is 44.1 Å².